The van der Waals surface area contributed by atoms with Gasteiger partial charge in [-0.25, -0.2) is 0 Å². The number of hydrogen-bond acceptors (Lipinski definition) is 1. The third-order valence-corrected chi connectivity index (χ3v) is 1.93. The fourth-order valence-corrected chi connectivity index (χ4v) is 1.12. The number of hydrogen-bond donors (Lipinski definition) is 1. The molecule has 1 amide bonds. The lowest BCUT2D eigenvalue weighted by atomic mass is 10.2. The minimum Gasteiger partial charge on any atom is -0.359 e. The van der Waals surface area contributed by atoms with E-state index in [4.69, 9.17) is 0 Å². The Balaban J connectivity index is 2.31. The summed E-state index contributed by atoms with van der Waals surface area (Å²) in [7, 11) is 1.66. The Morgan fingerprint density at radius 1 is 1.36 bits per heavy atom. The Hall–Kier alpha value is -1.57. The largest absolute Gasteiger partial charge is 0.359 e. The van der Waals surface area contributed by atoms with Crippen LogP contribution in [0.15, 0.2) is 36.4 Å². The number of benzene rings is 1. The average molecular weight is 189 g/mol. The van der Waals surface area contributed by atoms with E-state index in [1.165, 1.54) is 5.56 Å². The Kier molecular flexibility index (Phi) is 4.48. The topological polar surface area (TPSA) is 29.1 Å². The molecule has 0 saturated heterocycles. The molecule has 74 valence electrons. The van der Waals surface area contributed by atoms with Gasteiger partial charge in [-0.3, -0.25) is 4.79 Å². The van der Waals surface area contributed by atoms with Gasteiger partial charge in [0, 0.05) is 13.5 Å². The standard InChI is InChI=1S/C12H15NO/c1-13-12(14)10-6-5-9-11-7-3-2-4-8-11/h2-5,7-9H,6,10H2,1H3,(H,13,14). The summed E-state index contributed by atoms with van der Waals surface area (Å²) >= 11 is 0. The first-order chi connectivity index (χ1) is 6.83. The molecule has 2 nitrogen and oxygen atoms in total. The van der Waals surface area contributed by atoms with E-state index in [1.807, 2.05) is 42.5 Å². The molecule has 0 radical (unpaired) electrons. The summed E-state index contributed by atoms with van der Waals surface area (Å²) < 4.78 is 0. The molecule has 0 spiro atoms. The monoisotopic (exact) mass is 189 g/mol. The van der Waals surface area contributed by atoms with Crippen LogP contribution in [0.25, 0.3) is 6.08 Å². The summed E-state index contributed by atoms with van der Waals surface area (Å²) in [5, 5.41) is 2.59. The Morgan fingerprint density at radius 3 is 2.71 bits per heavy atom. The van der Waals surface area contributed by atoms with Crippen LogP contribution in [0, 0.1) is 0 Å². The van der Waals surface area contributed by atoms with Gasteiger partial charge in [-0.15, -0.1) is 0 Å². The Morgan fingerprint density at radius 2 is 2.07 bits per heavy atom. The number of carbonyl (C=O) groups excluding carboxylic acids is 1. The van der Waals surface area contributed by atoms with Crippen LogP contribution in [-0.4, -0.2) is 13.0 Å². The zero-order valence-electron chi connectivity index (χ0n) is 8.36. The molecule has 1 rings (SSSR count). The van der Waals surface area contributed by atoms with Gasteiger partial charge >= 0.3 is 0 Å². The second-order valence-electron chi connectivity index (χ2n) is 3.02. The number of carbonyl (C=O) groups is 1. The molecular formula is C12H15NO. The van der Waals surface area contributed by atoms with Crippen molar-refractivity contribution in [3.63, 3.8) is 0 Å². The second-order valence-corrected chi connectivity index (χ2v) is 3.02. The number of allylic oxidation sites excluding steroid dienone is 1. The van der Waals surface area contributed by atoms with Crippen molar-refractivity contribution in [3.05, 3.63) is 42.0 Å². The van der Waals surface area contributed by atoms with Crippen molar-refractivity contribution in [2.45, 2.75) is 12.8 Å². The lowest BCUT2D eigenvalue weighted by Crippen LogP contribution is -2.16. The van der Waals surface area contributed by atoms with Gasteiger partial charge in [-0.1, -0.05) is 42.5 Å². The third-order valence-electron chi connectivity index (χ3n) is 1.93. The van der Waals surface area contributed by atoms with Crippen molar-refractivity contribution >= 4 is 12.0 Å². The highest BCUT2D eigenvalue weighted by molar-refractivity contribution is 5.75. The molecule has 0 atom stereocenters. The van der Waals surface area contributed by atoms with E-state index >= 15 is 0 Å². The summed E-state index contributed by atoms with van der Waals surface area (Å²) in [6, 6.07) is 10.1. The van der Waals surface area contributed by atoms with Gasteiger partial charge in [0.2, 0.25) is 5.91 Å². The zero-order chi connectivity index (χ0) is 10.2. The van der Waals surface area contributed by atoms with Crippen molar-refractivity contribution in [2.75, 3.05) is 7.05 Å². The van der Waals surface area contributed by atoms with E-state index in [0.29, 0.717) is 6.42 Å². The predicted octanol–water partition coefficient (Wildman–Crippen LogP) is 2.23. The van der Waals surface area contributed by atoms with Crippen molar-refractivity contribution < 1.29 is 4.79 Å². The minimum absolute atomic E-state index is 0.0858. The first kappa shape index (κ1) is 10.5. The zero-order valence-corrected chi connectivity index (χ0v) is 8.36. The van der Waals surface area contributed by atoms with Gasteiger partial charge in [0.05, 0.1) is 0 Å². The molecule has 0 aliphatic rings. The highest BCUT2D eigenvalue weighted by Gasteiger charge is 1.93. The maximum absolute atomic E-state index is 10.9. The van der Waals surface area contributed by atoms with Gasteiger partial charge in [-0.2, -0.15) is 0 Å². The van der Waals surface area contributed by atoms with E-state index in [0.717, 1.165) is 6.42 Å². The van der Waals surface area contributed by atoms with Crippen LogP contribution in [0.3, 0.4) is 0 Å². The maximum Gasteiger partial charge on any atom is 0.220 e. The van der Waals surface area contributed by atoms with Crippen LogP contribution < -0.4 is 5.32 Å². The molecule has 1 aromatic carbocycles. The molecule has 1 N–H and O–H groups in total. The van der Waals surface area contributed by atoms with Crippen molar-refractivity contribution in [1.82, 2.24) is 5.32 Å². The predicted molar refractivity (Wildman–Crippen MR) is 58.8 cm³/mol. The molecular weight excluding hydrogens is 174 g/mol. The molecule has 0 bridgehead atoms. The molecule has 0 unspecified atom stereocenters. The van der Waals surface area contributed by atoms with E-state index in [1.54, 1.807) is 7.05 Å². The minimum atomic E-state index is 0.0858. The van der Waals surface area contributed by atoms with Gasteiger partial charge in [0.25, 0.3) is 0 Å². The van der Waals surface area contributed by atoms with Gasteiger partial charge < -0.3 is 5.32 Å². The van der Waals surface area contributed by atoms with Crippen LogP contribution in [-0.2, 0) is 4.79 Å². The fourth-order valence-electron chi connectivity index (χ4n) is 1.12. The number of rotatable bonds is 4. The SMILES string of the molecule is CNC(=O)CCC=Cc1ccccc1. The van der Waals surface area contributed by atoms with Gasteiger partial charge in [0.1, 0.15) is 0 Å². The molecule has 1 aromatic rings. The van der Waals surface area contributed by atoms with Gasteiger partial charge in [-0.05, 0) is 12.0 Å². The molecule has 0 aliphatic carbocycles. The lowest BCUT2D eigenvalue weighted by Gasteiger charge is -1.94. The quantitative estimate of drug-likeness (QED) is 0.773. The summed E-state index contributed by atoms with van der Waals surface area (Å²) in [5.74, 6) is 0.0858. The first-order valence-electron chi connectivity index (χ1n) is 4.75. The molecule has 0 aromatic heterocycles. The van der Waals surface area contributed by atoms with Crippen molar-refractivity contribution in [2.24, 2.45) is 0 Å². The van der Waals surface area contributed by atoms with Crippen LogP contribution in [0.2, 0.25) is 0 Å². The molecule has 0 aliphatic heterocycles. The lowest BCUT2D eigenvalue weighted by molar-refractivity contribution is -0.120. The molecule has 2 heteroatoms. The summed E-state index contributed by atoms with van der Waals surface area (Å²) in [6.07, 6.45) is 5.39. The smallest absolute Gasteiger partial charge is 0.220 e. The van der Waals surface area contributed by atoms with E-state index in [-0.39, 0.29) is 5.91 Å². The maximum atomic E-state index is 10.9. The van der Waals surface area contributed by atoms with E-state index in [2.05, 4.69) is 5.32 Å². The highest BCUT2D eigenvalue weighted by atomic mass is 16.1. The summed E-state index contributed by atoms with van der Waals surface area (Å²) in [5.41, 5.74) is 1.17. The summed E-state index contributed by atoms with van der Waals surface area (Å²) in [4.78, 5) is 10.9. The van der Waals surface area contributed by atoms with Crippen LogP contribution in [0.1, 0.15) is 18.4 Å². The second kappa shape index (κ2) is 5.97. The molecule has 0 fully saturated rings. The van der Waals surface area contributed by atoms with Crippen LogP contribution >= 0.6 is 0 Å². The fraction of sp³-hybridized carbons (Fsp3) is 0.250. The van der Waals surface area contributed by atoms with Crippen molar-refractivity contribution in [3.8, 4) is 0 Å². The Bertz CT molecular complexity index is 303. The van der Waals surface area contributed by atoms with E-state index < -0.39 is 0 Å². The third kappa shape index (κ3) is 3.90. The normalized spacial score (nSPS) is 10.4. The number of nitrogens with one attached hydrogen (secondary N) is 1. The Labute approximate surface area is 84.6 Å². The molecule has 0 heterocycles. The van der Waals surface area contributed by atoms with Crippen LogP contribution in [0.5, 0.6) is 0 Å². The van der Waals surface area contributed by atoms with E-state index in [9.17, 15) is 4.79 Å². The first-order valence-corrected chi connectivity index (χ1v) is 4.75. The summed E-state index contributed by atoms with van der Waals surface area (Å²) in [6.45, 7) is 0. The molecule has 14 heavy (non-hydrogen) atoms. The number of amides is 1. The highest BCUT2D eigenvalue weighted by Crippen LogP contribution is 2.02. The van der Waals surface area contributed by atoms with Crippen molar-refractivity contribution in [1.29, 1.82) is 0 Å². The van der Waals surface area contributed by atoms with Gasteiger partial charge in [0.15, 0.2) is 0 Å². The van der Waals surface area contributed by atoms with Crippen LogP contribution in [0.4, 0.5) is 0 Å². The average Bonchev–Trinajstić information content (AvgIpc) is 2.25. The molecule has 0 saturated carbocycles.